The monoisotopic (exact) mass is 622 g/mol. The molecule has 0 bridgehead atoms. The number of aromatic hydroxyl groups is 1. The maximum atomic E-state index is 12.0. The molecular formula is C43H39ClO2. The molecule has 0 saturated carbocycles. The van der Waals surface area contributed by atoms with Crippen molar-refractivity contribution in [2.75, 3.05) is 0 Å². The summed E-state index contributed by atoms with van der Waals surface area (Å²) in [7, 11) is 0. The number of Topliss-reactive ketones (excluding diaryl/α,β-unsaturated/α-hetero) is 1. The number of ketones is 1. The van der Waals surface area contributed by atoms with E-state index in [2.05, 4.69) is 61.7 Å². The predicted octanol–water partition coefficient (Wildman–Crippen LogP) is 9.56. The summed E-state index contributed by atoms with van der Waals surface area (Å²) >= 11 is 6.89. The lowest BCUT2D eigenvalue weighted by molar-refractivity contribution is -0.113. The van der Waals surface area contributed by atoms with Gasteiger partial charge in [0.15, 0.2) is 5.78 Å². The molecule has 0 aromatic heterocycles. The van der Waals surface area contributed by atoms with Crippen molar-refractivity contribution in [3.05, 3.63) is 157 Å². The van der Waals surface area contributed by atoms with Crippen LogP contribution in [0.5, 0.6) is 5.75 Å². The number of carbonyl (C=O) groups is 1. The Morgan fingerprint density at radius 3 is 2.43 bits per heavy atom. The van der Waals surface area contributed by atoms with E-state index in [0.29, 0.717) is 16.2 Å². The van der Waals surface area contributed by atoms with E-state index in [1.807, 2.05) is 73.7 Å². The van der Waals surface area contributed by atoms with Crippen LogP contribution in [0.15, 0.2) is 119 Å². The van der Waals surface area contributed by atoms with Gasteiger partial charge in [0.25, 0.3) is 0 Å². The van der Waals surface area contributed by atoms with Crippen LogP contribution in [0, 0.1) is 0 Å². The van der Waals surface area contributed by atoms with E-state index in [9.17, 15) is 9.90 Å². The normalized spacial score (nSPS) is 14.1. The highest BCUT2D eigenvalue weighted by Gasteiger charge is 2.16. The molecule has 0 spiro atoms. The number of rotatable bonds is 10. The Kier molecular flexibility index (Phi) is 10.6. The average molecular weight is 623 g/mol. The molecule has 0 fully saturated rings. The van der Waals surface area contributed by atoms with Crippen LogP contribution in [-0.4, -0.2) is 10.9 Å². The maximum Gasteiger partial charge on any atom is 0.167 e. The second kappa shape index (κ2) is 15.0. The summed E-state index contributed by atoms with van der Waals surface area (Å²) < 4.78 is 0. The lowest BCUT2D eigenvalue weighted by Gasteiger charge is -2.13. The number of hydrogen-bond acceptors (Lipinski definition) is 2. The fourth-order valence-electron chi connectivity index (χ4n) is 5.72. The number of carbonyl (C=O) groups excluding carboxylic acids is 1. The van der Waals surface area contributed by atoms with Crippen LogP contribution >= 0.6 is 11.6 Å². The van der Waals surface area contributed by atoms with E-state index in [1.54, 1.807) is 6.08 Å². The Balaban J connectivity index is 1.45. The minimum atomic E-state index is -0.0505. The third-order valence-corrected chi connectivity index (χ3v) is 8.74. The smallest absolute Gasteiger partial charge is 0.167 e. The summed E-state index contributed by atoms with van der Waals surface area (Å²) in [4.78, 5) is 12.0. The number of hydrogen-bond donors (Lipinski definition) is 1. The molecule has 0 unspecified atom stereocenters. The first kappa shape index (κ1) is 32.6. The van der Waals surface area contributed by atoms with Crippen molar-refractivity contribution in [1.82, 2.24) is 0 Å². The highest BCUT2D eigenvalue weighted by Crippen LogP contribution is 2.37. The first-order valence-electron chi connectivity index (χ1n) is 15.8. The first-order chi connectivity index (χ1) is 22.3. The number of halogens is 1. The molecule has 3 aromatic carbocycles. The van der Waals surface area contributed by atoms with Crippen molar-refractivity contribution >= 4 is 41.2 Å². The van der Waals surface area contributed by atoms with Crippen LogP contribution in [-0.2, 0) is 17.6 Å². The molecule has 46 heavy (non-hydrogen) atoms. The number of benzene rings is 3. The van der Waals surface area contributed by atoms with Gasteiger partial charge in [0.2, 0.25) is 0 Å². The van der Waals surface area contributed by atoms with Gasteiger partial charge in [-0.25, -0.2) is 0 Å². The van der Waals surface area contributed by atoms with Crippen LogP contribution in [0.4, 0.5) is 0 Å². The number of phenolic OH excluding ortho intramolecular Hbond substituents is 1. The summed E-state index contributed by atoms with van der Waals surface area (Å²) in [5.41, 5.74) is 15.9. The Morgan fingerprint density at radius 2 is 1.72 bits per heavy atom. The van der Waals surface area contributed by atoms with Crippen molar-refractivity contribution in [2.45, 2.75) is 53.4 Å². The van der Waals surface area contributed by atoms with Crippen molar-refractivity contribution < 1.29 is 9.90 Å². The van der Waals surface area contributed by atoms with Crippen LogP contribution in [0.25, 0.3) is 34.9 Å². The molecular weight excluding hydrogens is 584 g/mol. The van der Waals surface area contributed by atoms with Gasteiger partial charge in [0, 0.05) is 28.1 Å². The van der Waals surface area contributed by atoms with Crippen LogP contribution < -0.4 is 10.4 Å². The van der Waals surface area contributed by atoms with E-state index < -0.39 is 0 Å². The van der Waals surface area contributed by atoms with E-state index in [1.165, 1.54) is 23.6 Å². The number of allylic oxidation sites excluding steroid dienone is 9. The molecule has 2 aliphatic carbocycles. The minimum absolute atomic E-state index is 0.0505. The maximum absolute atomic E-state index is 12.0. The van der Waals surface area contributed by atoms with Crippen LogP contribution in [0.1, 0.15) is 62.8 Å². The lowest BCUT2D eigenvalue weighted by Crippen LogP contribution is -2.27. The van der Waals surface area contributed by atoms with Crippen molar-refractivity contribution in [1.29, 1.82) is 0 Å². The quantitative estimate of drug-likeness (QED) is 0.181. The highest BCUT2D eigenvalue weighted by atomic mass is 35.5. The fourth-order valence-corrected chi connectivity index (χ4v) is 6.00. The molecule has 0 saturated heterocycles. The second-order valence-corrected chi connectivity index (χ2v) is 12.2. The molecule has 1 N–H and O–H groups in total. The Bertz CT molecular complexity index is 2060. The molecule has 2 nitrogen and oxygen atoms in total. The molecule has 3 heteroatoms. The van der Waals surface area contributed by atoms with E-state index in [4.69, 9.17) is 11.6 Å². The predicted molar refractivity (Wildman–Crippen MR) is 195 cm³/mol. The van der Waals surface area contributed by atoms with Gasteiger partial charge >= 0.3 is 0 Å². The Hall–Kier alpha value is -4.84. The summed E-state index contributed by atoms with van der Waals surface area (Å²) in [5, 5.41) is 14.1. The molecule has 230 valence electrons. The zero-order chi connectivity index (χ0) is 32.6. The Morgan fingerprint density at radius 1 is 0.935 bits per heavy atom. The van der Waals surface area contributed by atoms with Gasteiger partial charge in [-0.15, -0.1) is 11.5 Å². The summed E-state index contributed by atoms with van der Waals surface area (Å²) in [6.45, 7) is 7.77. The second-order valence-electron chi connectivity index (χ2n) is 11.8. The van der Waals surface area contributed by atoms with E-state index in [0.717, 1.165) is 64.0 Å². The number of fused-ring (bicyclic) bond motifs is 1. The van der Waals surface area contributed by atoms with Gasteiger partial charge in [0.05, 0.1) is 5.57 Å². The molecule has 0 radical (unpaired) electrons. The van der Waals surface area contributed by atoms with E-state index in [-0.39, 0.29) is 11.5 Å². The molecule has 0 atom stereocenters. The minimum Gasteiger partial charge on any atom is -0.507 e. The number of aryl methyl sites for hydroxylation is 1. The highest BCUT2D eigenvalue weighted by molar-refractivity contribution is 6.33. The van der Waals surface area contributed by atoms with Gasteiger partial charge in [-0.1, -0.05) is 84.0 Å². The molecule has 0 amide bonds. The van der Waals surface area contributed by atoms with Gasteiger partial charge in [0.1, 0.15) is 5.75 Å². The average Bonchev–Trinajstić information content (AvgIpc) is 3.42. The largest absolute Gasteiger partial charge is 0.507 e. The topological polar surface area (TPSA) is 37.3 Å². The van der Waals surface area contributed by atoms with Crippen molar-refractivity contribution in [3.8, 4) is 16.9 Å². The van der Waals surface area contributed by atoms with Gasteiger partial charge < -0.3 is 5.11 Å². The molecule has 5 rings (SSSR count). The summed E-state index contributed by atoms with van der Waals surface area (Å²) in [5.74, 6) is 0.125. The third-order valence-electron chi connectivity index (χ3n) is 8.42. The first-order valence-corrected chi connectivity index (χ1v) is 16.2. The van der Waals surface area contributed by atoms with Crippen LogP contribution in [0.3, 0.4) is 0 Å². The summed E-state index contributed by atoms with van der Waals surface area (Å²) in [6.07, 6.45) is 23.7. The molecule has 0 aliphatic heterocycles. The van der Waals surface area contributed by atoms with Crippen molar-refractivity contribution in [3.63, 3.8) is 0 Å². The molecule has 3 aromatic rings. The van der Waals surface area contributed by atoms with Gasteiger partial charge in [-0.05, 0) is 128 Å². The SMILES string of the molecule is CC=C(C)CCCc1ccc(CC2=C=CC=c3cc(-c4ccc(C5=CC(C(C)=O)=C=CC=C5)cc4Cl)c(O)c(/C=C\C)c3=C2)cc1. The third kappa shape index (κ3) is 7.68. The molecule has 0 heterocycles. The van der Waals surface area contributed by atoms with Gasteiger partial charge in [-0.3, -0.25) is 4.79 Å². The van der Waals surface area contributed by atoms with Gasteiger partial charge in [-0.2, -0.15) is 0 Å². The Labute approximate surface area is 277 Å². The zero-order valence-corrected chi connectivity index (χ0v) is 27.7. The standard InChI is InChI=1S/C43H39ClO2/c1-5-11-39-40-25-33(24-32-20-18-31(19-21-32)13-9-12-29(3)6-2)14-10-17-37(40)27-41(43(39)46)38-23-22-36(28-42(38)44)35-16-8-7-15-34(26-35)30(4)45/h5-8,10-11,16-23,25-28,46H,9,12-13,24H2,1-4H3/b11-5-,29-6?. The van der Waals surface area contributed by atoms with E-state index >= 15 is 0 Å². The zero-order valence-electron chi connectivity index (χ0n) is 27.0. The van der Waals surface area contributed by atoms with Crippen molar-refractivity contribution in [2.24, 2.45) is 0 Å². The summed E-state index contributed by atoms with van der Waals surface area (Å²) in [6, 6.07) is 16.6. The number of phenols is 1. The van der Waals surface area contributed by atoms with Crippen LogP contribution in [0.2, 0.25) is 5.02 Å². The molecule has 2 aliphatic rings. The fraction of sp³-hybridized carbons (Fsp3) is 0.186. The lowest BCUT2D eigenvalue weighted by atomic mass is 9.94.